The highest BCUT2D eigenvalue weighted by atomic mass is 32.2. The Morgan fingerprint density at radius 2 is 2.23 bits per heavy atom. The highest BCUT2D eigenvalue weighted by Crippen LogP contribution is 2.11. The second-order valence-electron chi connectivity index (χ2n) is 2.16. The fourth-order valence-corrected chi connectivity index (χ4v) is 1.38. The van der Waals surface area contributed by atoms with Crippen LogP contribution in [-0.2, 0) is 4.74 Å². The summed E-state index contributed by atoms with van der Waals surface area (Å²) in [6.45, 7) is 4.15. The summed E-state index contributed by atoms with van der Waals surface area (Å²) in [5.41, 5.74) is 0. The lowest BCUT2D eigenvalue weighted by Gasteiger charge is -1.99. The van der Waals surface area contributed by atoms with Gasteiger partial charge in [-0.2, -0.15) is 0 Å². The van der Waals surface area contributed by atoms with Crippen LogP contribution in [0.4, 0.5) is 0 Å². The minimum atomic E-state index is 0.696. The summed E-state index contributed by atoms with van der Waals surface area (Å²) < 4.78 is 4.97. The zero-order chi connectivity index (χ0) is 9.36. The maximum Gasteiger partial charge on any atom is 0.190 e. The molecule has 0 N–H and O–H groups in total. The predicted molar refractivity (Wildman–Crippen MR) is 51.3 cm³/mol. The number of nitrogens with zero attached hydrogens (tertiary/aromatic N) is 3. The SMILES string of the molecule is C=COCCCSc1ncncn1. The Balaban J connectivity index is 2.10. The lowest BCUT2D eigenvalue weighted by molar-refractivity contribution is 0.252. The third-order valence-corrected chi connectivity index (χ3v) is 2.19. The van der Waals surface area contributed by atoms with Gasteiger partial charge >= 0.3 is 0 Å². The highest BCUT2D eigenvalue weighted by molar-refractivity contribution is 7.99. The molecule has 4 nitrogen and oxygen atoms in total. The topological polar surface area (TPSA) is 47.9 Å². The van der Waals surface area contributed by atoms with Crippen LogP contribution in [0.1, 0.15) is 6.42 Å². The van der Waals surface area contributed by atoms with E-state index in [1.807, 2.05) is 0 Å². The normalized spacial score (nSPS) is 9.54. The summed E-state index contributed by atoms with van der Waals surface area (Å²) in [7, 11) is 0. The van der Waals surface area contributed by atoms with Crippen molar-refractivity contribution >= 4 is 11.8 Å². The molecule has 0 aliphatic heterocycles. The molecule has 1 heterocycles. The van der Waals surface area contributed by atoms with Crippen LogP contribution in [-0.4, -0.2) is 27.3 Å². The zero-order valence-electron chi connectivity index (χ0n) is 7.22. The van der Waals surface area contributed by atoms with Gasteiger partial charge < -0.3 is 4.74 Å². The Morgan fingerprint density at radius 1 is 1.46 bits per heavy atom. The molecule has 0 unspecified atom stereocenters. The van der Waals surface area contributed by atoms with Crippen molar-refractivity contribution in [2.75, 3.05) is 12.4 Å². The molecule has 13 heavy (non-hydrogen) atoms. The summed E-state index contributed by atoms with van der Waals surface area (Å²) in [5.74, 6) is 0.942. The van der Waals surface area contributed by atoms with Gasteiger partial charge in [0.2, 0.25) is 0 Å². The molecule has 0 aliphatic rings. The lowest BCUT2D eigenvalue weighted by Crippen LogP contribution is -1.92. The van der Waals surface area contributed by atoms with Crippen LogP contribution in [0.25, 0.3) is 0 Å². The monoisotopic (exact) mass is 197 g/mol. The standard InChI is InChI=1S/C8H11N3OS/c1-2-12-4-3-5-13-8-10-6-9-7-11-8/h2,6-7H,1,3-5H2. The Labute approximate surface area is 81.5 Å². The molecule has 0 aliphatic carbocycles. The zero-order valence-corrected chi connectivity index (χ0v) is 8.04. The van der Waals surface area contributed by atoms with E-state index in [2.05, 4.69) is 21.5 Å². The first kappa shape index (κ1) is 9.98. The first-order valence-corrected chi connectivity index (χ1v) is 4.89. The summed E-state index contributed by atoms with van der Waals surface area (Å²) in [6.07, 6.45) is 5.40. The van der Waals surface area contributed by atoms with E-state index in [1.165, 1.54) is 18.9 Å². The summed E-state index contributed by atoms with van der Waals surface area (Å²) in [5, 5.41) is 0.758. The number of ether oxygens (including phenoxy) is 1. The van der Waals surface area contributed by atoms with Gasteiger partial charge in [-0.15, -0.1) is 0 Å². The molecule has 70 valence electrons. The molecule has 0 atom stereocenters. The molecule has 0 radical (unpaired) electrons. The van der Waals surface area contributed by atoms with Crippen LogP contribution in [0, 0.1) is 0 Å². The molecule has 0 aromatic carbocycles. The van der Waals surface area contributed by atoms with Crippen molar-refractivity contribution < 1.29 is 4.74 Å². The van der Waals surface area contributed by atoms with Crippen molar-refractivity contribution in [3.63, 3.8) is 0 Å². The Hall–Kier alpha value is -1.10. The molecule has 1 rings (SSSR count). The minimum Gasteiger partial charge on any atom is -0.502 e. The van der Waals surface area contributed by atoms with Crippen LogP contribution in [0.3, 0.4) is 0 Å². The van der Waals surface area contributed by atoms with Crippen LogP contribution in [0.15, 0.2) is 30.7 Å². The quantitative estimate of drug-likeness (QED) is 0.393. The van der Waals surface area contributed by atoms with Crippen LogP contribution >= 0.6 is 11.8 Å². The van der Waals surface area contributed by atoms with Crippen molar-refractivity contribution in [1.82, 2.24) is 15.0 Å². The molecular formula is C8H11N3OS. The van der Waals surface area contributed by atoms with E-state index in [4.69, 9.17) is 4.74 Å². The van der Waals surface area contributed by atoms with E-state index in [1.54, 1.807) is 11.8 Å². The number of aromatic nitrogens is 3. The number of rotatable bonds is 6. The van der Waals surface area contributed by atoms with E-state index in [-0.39, 0.29) is 0 Å². The molecule has 1 aromatic rings. The van der Waals surface area contributed by atoms with E-state index < -0.39 is 0 Å². The number of hydrogen-bond acceptors (Lipinski definition) is 5. The first-order chi connectivity index (χ1) is 6.43. The van der Waals surface area contributed by atoms with Gasteiger partial charge in [-0.1, -0.05) is 18.3 Å². The Bertz CT molecular complexity index is 242. The Morgan fingerprint density at radius 3 is 2.92 bits per heavy atom. The molecule has 5 heteroatoms. The molecule has 0 spiro atoms. The molecule has 1 aromatic heterocycles. The largest absolute Gasteiger partial charge is 0.502 e. The summed E-state index contributed by atoms with van der Waals surface area (Å²) in [4.78, 5) is 11.7. The Kier molecular flexibility index (Phi) is 4.93. The second kappa shape index (κ2) is 6.42. The molecule has 0 fully saturated rings. The van der Waals surface area contributed by atoms with Gasteiger partial charge in [-0.25, -0.2) is 15.0 Å². The van der Waals surface area contributed by atoms with Gasteiger partial charge in [-0.3, -0.25) is 0 Å². The van der Waals surface area contributed by atoms with E-state index >= 15 is 0 Å². The van der Waals surface area contributed by atoms with Crippen molar-refractivity contribution in [1.29, 1.82) is 0 Å². The molecule has 0 saturated heterocycles. The van der Waals surface area contributed by atoms with Gasteiger partial charge in [0, 0.05) is 5.75 Å². The van der Waals surface area contributed by atoms with Crippen LogP contribution in [0.2, 0.25) is 0 Å². The minimum absolute atomic E-state index is 0.696. The maximum atomic E-state index is 4.97. The third-order valence-electron chi connectivity index (χ3n) is 1.23. The fraction of sp³-hybridized carbons (Fsp3) is 0.375. The molecule has 0 saturated carbocycles. The average Bonchev–Trinajstić information content (AvgIpc) is 2.19. The smallest absolute Gasteiger partial charge is 0.190 e. The van der Waals surface area contributed by atoms with Crippen LogP contribution < -0.4 is 0 Å². The number of hydrogen-bond donors (Lipinski definition) is 0. The highest BCUT2D eigenvalue weighted by Gasteiger charge is 1.94. The average molecular weight is 197 g/mol. The maximum absolute atomic E-state index is 4.97. The molecule has 0 amide bonds. The number of thioether (sulfide) groups is 1. The van der Waals surface area contributed by atoms with Crippen molar-refractivity contribution in [2.45, 2.75) is 11.6 Å². The third kappa shape index (κ3) is 4.47. The van der Waals surface area contributed by atoms with Crippen LogP contribution in [0.5, 0.6) is 0 Å². The second-order valence-corrected chi connectivity index (χ2v) is 3.22. The summed E-state index contributed by atoms with van der Waals surface area (Å²) >= 11 is 1.59. The first-order valence-electron chi connectivity index (χ1n) is 3.91. The lowest BCUT2D eigenvalue weighted by atomic mass is 10.5. The van der Waals surface area contributed by atoms with E-state index in [0.717, 1.165) is 17.3 Å². The van der Waals surface area contributed by atoms with Gasteiger partial charge in [-0.05, 0) is 6.42 Å². The van der Waals surface area contributed by atoms with Gasteiger partial charge in [0.25, 0.3) is 0 Å². The fourth-order valence-electron chi connectivity index (χ4n) is 0.692. The van der Waals surface area contributed by atoms with Crippen molar-refractivity contribution in [3.05, 3.63) is 25.5 Å². The van der Waals surface area contributed by atoms with E-state index in [0.29, 0.717) is 6.61 Å². The van der Waals surface area contributed by atoms with E-state index in [9.17, 15) is 0 Å². The van der Waals surface area contributed by atoms with Crippen molar-refractivity contribution in [2.24, 2.45) is 0 Å². The molecular weight excluding hydrogens is 186 g/mol. The summed E-state index contributed by atoms with van der Waals surface area (Å²) in [6, 6.07) is 0. The van der Waals surface area contributed by atoms with Gasteiger partial charge in [0.05, 0.1) is 12.9 Å². The molecule has 0 bridgehead atoms. The van der Waals surface area contributed by atoms with Gasteiger partial charge in [0.1, 0.15) is 12.7 Å². The van der Waals surface area contributed by atoms with Crippen molar-refractivity contribution in [3.8, 4) is 0 Å². The van der Waals surface area contributed by atoms with Gasteiger partial charge in [0.15, 0.2) is 5.16 Å². The predicted octanol–water partition coefficient (Wildman–Crippen LogP) is 1.51.